The van der Waals surface area contributed by atoms with E-state index < -0.39 is 0 Å². The topological polar surface area (TPSA) is 92.2 Å². The monoisotopic (exact) mass is 214 g/mol. The molecule has 0 aliphatic rings. The van der Waals surface area contributed by atoms with Gasteiger partial charge in [-0.1, -0.05) is 27.7 Å². The summed E-state index contributed by atoms with van der Waals surface area (Å²) in [6, 6.07) is 0. The molecule has 0 radical (unpaired) electrons. The Morgan fingerprint density at radius 3 is 0.571 bits per heavy atom. The Kier molecular flexibility index (Phi) is 250. The van der Waals surface area contributed by atoms with Crippen LogP contribution in [-0.4, -0.2) is 34.8 Å². The molecule has 0 aromatic carbocycles. The zero-order chi connectivity index (χ0) is 10.8. The predicted octanol–water partition coefficient (Wildman–Crippen LogP) is -5.91. The molecule has 0 rings (SSSR count). The minimum Gasteiger partial charge on any atom is -0.855 e. The van der Waals surface area contributed by atoms with Gasteiger partial charge in [0.05, 0.1) is 0 Å². The molecule has 0 aliphatic heterocycles. The van der Waals surface area contributed by atoms with Gasteiger partial charge >= 0.3 is 38.0 Å². The van der Waals surface area contributed by atoms with Crippen molar-refractivity contribution in [2.45, 2.75) is 27.7 Å². The quantitative estimate of drug-likeness (QED) is 0.375. The van der Waals surface area contributed by atoms with Gasteiger partial charge in [0.25, 0.3) is 0 Å². The molecule has 0 aromatic rings. The third-order valence-corrected chi connectivity index (χ3v) is 0. The van der Waals surface area contributed by atoms with Crippen molar-refractivity contribution >= 4 is 8.41 Å². The van der Waals surface area contributed by atoms with Crippen molar-refractivity contribution in [3.8, 4) is 0 Å². The maximum atomic E-state index is 8.93. The van der Waals surface area contributed by atoms with E-state index in [1.165, 1.54) is 0 Å². The van der Waals surface area contributed by atoms with Gasteiger partial charge < -0.3 is 20.4 Å². The Morgan fingerprint density at radius 2 is 0.571 bits per heavy atom. The van der Waals surface area contributed by atoms with Crippen molar-refractivity contribution < 1.29 is 50.0 Å². The Morgan fingerprint density at radius 1 is 0.571 bits per heavy atom. The van der Waals surface area contributed by atoms with Gasteiger partial charge in [-0.05, 0) is 0 Å². The summed E-state index contributed by atoms with van der Waals surface area (Å²) in [6.45, 7) is 6.28. The van der Waals surface area contributed by atoms with Crippen LogP contribution in [0.25, 0.3) is 0 Å². The summed E-state index contributed by atoms with van der Waals surface area (Å²) < 4.78 is 0. The molecule has 0 aliphatic carbocycles. The first kappa shape index (κ1) is 36.3. The van der Waals surface area contributed by atoms with E-state index in [1.807, 2.05) is 0 Å². The molecule has 0 amide bonds. The Bertz CT molecular complexity index is 29.3. The number of hydrogen-bond donors (Lipinski definition) is 0. The van der Waals surface area contributed by atoms with Crippen LogP contribution in [0, 0.1) is 0 Å². The fourth-order valence-corrected chi connectivity index (χ4v) is 0. The summed E-state index contributed by atoms with van der Waals surface area (Å²) in [4.78, 5) is 0. The normalized spacial score (nSPS) is 5.14. The SMILES string of the molecule is CC[O-].CC[O-].CC[O-].CC[O-].[B+3].[Na+]. The number of hydrogen-bond acceptors (Lipinski definition) is 4. The van der Waals surface area contributed by atoms with Crippen LogP contribution < -0.4 is 50.0 Å². The molecule has 0 spiro atoms. The maximum Gasteiger partial charge on any atom is 3.00 e. The van der Waals surface area contributed by atoms with E-state index in [2.05, 4.69) is 0 Å². The predicted molar refractivity (Wildman–Crippen MR) is 47.9 cm³/mol. The summed E-state index contributed by atoms with van der Waals surface area (Å²) >= 11 is 0. The summed E-state index contributed by atoms with van der Waals surface area (Å²) in [5, 5.41) is 35.7. The molecule has 14 heavy (non-hydrogen) atoms. The summed E-state index contributed by atoms with van der Waals surface area (Å²) in [5.74, 6) is 0. The van der Waals surface area contributed by atoms with Crippen molar-refractivity contribution in [3.63, 3.8) is 0 Å². The van der Waals surface area contributed by atoms with Gasteiger partial charge in [-0.2, -0.15) is 0 Å². The van der Waals surface area contributed by atoms with Crippen molar-refractivity contribution in [1.29, 1.82) is 0 Å². The van der Waals surface area contributed by atoms with Crippen LogP contribution in [0.1, 0.15) is 27.7 Å². The van der Waals surface area contributed by atoms with E-state index in [0.717, 1.165) is 0 Å². The van der Waals surface area contributed by atoms with Crippen LogP contribution in [0.5, 0.6) is 0 Å². The van der Waals surface area contributed by atoms with Crippen LogP contribution in [0.4, 0.5) is 0 Å². The van der Waals surface area contributed by atoms with Crippen LogP contribution in [-0.2, 0) is 0 Å². The fourth-order valence-electron chi connectivity index (χ4n) is 0. The molecule has 0 unspecified atom stereocenters. The third kappa shape index (κ3) is 2230. The molecule has 0 atom stereocenters. The van der Waals surface area contributed by atoms with Gasteiger partial charge in [-0.15, -0.1) is 26.4 Å². The van der Waals surface area contributed by atoms with Crippen molar-refractivity contribution in [1.82, 2.24) is 0 Å². The van der Waals surface area contributed by atoms with Crippen molar-refractivity contribution in [3.05, 3.63) is 0 Å². The first-order chi connectivity index (χ1) is 5.66. The van der Waals surface area contributed by atoms with Gasteiger partial charge in [0.15, 0.2) is 0 Å². The summed E-state index contributed by atoms with van der Waals surface area (Å²) in [5.41, 5.74) is 0. The molecular formula is C8H20BNaO4. The van der Waals surface area contributed by atoms with E-state index in [1.54, 1.807) is 27.7 Å². The Labute approximate surface area is 112 Å². The van der Waals surface area contributed by atoms with E-state index in [0.29, 0.717) is 0 Å². The molecule has 0 saturated carbocycles. The third-order valence-electron chi connectivity index (χ3n) is 0. The molecule has 80 valence electrons. The second-order valence-corrected chi connectivity index (χ2v) is 1.15. The molecule has 0 N–H and O–H groups in total. The molecule has 0 aromatic heterocycles. The zero-order valence-corrected chi connectivity index (χ0v) is 12.0. The van der Waals surface area contributed by atoms with E-state index >= 15 is 0 Å². The fraction of sp³-hybridized carbons (Fsp3) is 1.00. The second-order valence-electron chi connectivity index (χ2n) is 1.15. The zero-order valence-electron chi connectivity index (χ0n) is 10.0. The molecule has 0 heterocycles. The smallest absolute Gasteiger partial charge is 0.855 e. The minimum atomic E-state index is 0. The molecule has 6 heteroatoms. The largest absolute Gasteiger partial charge is 3.00 e. The van der Waals surface area contributed by atoms with E-state index in [4.69, 9.17) is 20.4 Å². The van der Waals surface area contributed by atoms with Gasteiger partial charge in [0, 0.05) is 0 Å². The first-order valence-electron chi connectivity index (χ1n) is 3.98. The minimum absolute atomic E-state index is 0. The number of rotatable bonds is 0. The van der Waals surface area contributed by atoms with E-state index in [9.17, 15) is 0 Å². The van der Waals surface area contributed by atoms with Crippen molar-refractivity contribution in [2.75, 3.05) is 26.4 Å². The van der Waals surface area contributed by atoms with Gasteiger partial charge in [0.1, 0.15) is 0 Å². The Balaban J connectivity index is -0.0000000145. The molecule has 4 nitrogen and oxygen atoms in total. The van der Waals surface area contributed by atoms with Crippen LogP contribution >= 0.6 is 0 Å². The maximum absolute atomic E-state index is 8.93. The first-order valence-corrected chi connectivity index (χ1v) is 3.98. The second kappa shape index (κ2) is 96.3. The van der Waals surface area contributed by atoms with Gasteiger partial charge in [-0.25, -0.2) is 0 Å². The molecule has 0 saturated heterocycles. The van der Waals surface area contributed by atoms with Crippen LogP contribution in [0.15, 0.2) is 0 Å². The molecular weight excluding hydrogens is 194 g/mol. The Hall–Kier alpha value is 0.905. The van der Waals surface area contributed by atoms with Crippen LogP contribution in [0.2, 0.25) is 0 Å². The van der Waals surface area contributed by atoms with Gasteiger partial charge in [-0.3, -0.25) is 0 Å². The summed E-state index contributed by atoms with van der Waals surface area (Å²) in [7, 11) is 0. The van der Waals surface area contributed by atoms with Gasteiger partial charge in [0.2, 0.25) is 0 Å². The van der Waals surface area contributed by atoms with Crippen molar-refractivity contribution in [2.24, 2.45) is 0 Å². The molecule has 0 fully saturated rings. The van der Waals surface area contributed by atoms with E-state index in [-0.39, 0.29) is 64.4 Å². The molecule has 0 bridgehead atoms. The summed E-state index contributed by atoms with van der Waals surface area (Å²) in [6.07, 6.45) is 0. The van der Waals surface area contributed by atoms with Crippen LogP contribution in [0.3, 0.4) is 0 Å². The average molecular weight is 214 g/mol. The average Bonchev–Trinajstić information content (AvgIpc) is 1.92. The standard InChI is InChI=1S/4C2H5O.B.Na/c4*1-2-3;;/h4*2H2,1H3;;/q4*-1;+3;+1.